The van der Waals surface area contributed by atoms with Crippen molar-refractivity contribution in [3.8, 4) is 34.5 Å². The van der Waals surface area contributed by atoms with E-state index in [2.05, 4.69) is 0 Å². The maximum atomic E-state index is 12.9. The number of rotatable bonds is 5. The molecule has 1 aliphatic carbocycles. The minimum atomic E-state index is -0.357. The molecule has 1 saturated heterocycles. The van der Waals surface area contributed by atoms with E-state index in [1.807, 2.05) is 18.2 Å². The highest BCUT2D eigenvalue weighted by Crippen LogP contribution is 2.56. The zero-order chi connectivity index (χ0) is 21.7. The third-order valence-electron chi connectivity index (χ3n) is 6.37. The lowest BCUT2D eigenvalue weighted by Crippen LogP contribution is -2.32. The van der Waals surface area contributed by atoms with Crippen molar-refractivity contribution >= 4 is 5.97 Å². The van der Waals surface area contributed by atoms with Crippen molar-refractivity contribution in [1.82, 2.24) is 0 Å². The second-order valence-electron chi connectivity index (χ2n) is 7.77. The van der Waals surface area contributed by atoms with Gasteiger partial charge in [0, 0.05) is 17.4 Å². The fourth-order valence-corrected chi connectivity index (χ4v) is 5.08. The molecule has 31 heavy (non-hydrogen) atoms. The standard InChI is InChI=1S/C23H24O8/c1-25-14-6-12(7-15(26-2)20(14)27-3)17-18-11(5-13-9-29-23(24)19(13)17)8-16-21(22(18)28-4)31-10-30-16/h6-8,13,17,19H,5,9-10H2,1-4H3. The molecule has 1 fully saturated rings. The van der Waals surface area contributed by atoms with Gasteiger partial charge in [0.25, 0.3) is 0 Å². The van der Waals surface area contributed by atoms with Gasteiger partial charge in [-0.15, -0.1) is 0 Å². The summed E-state index contributed by atoms with van der Waals surface area (Å²) >= 11 is 0. The zero-order valence-corrected chi connectivity index (χ0v) is 17.9. The van der Waals surface area contributed by atoms with Crippen LogP contribution < -0.4 is 28.4 Å². The minimum absolute atomic E-state index is 0.0502. The zero-order valence-electron chi connectivity index (χ0n) is 17.9. The minimum Gasteiger partial charge on any atom is -0.493 e. The van der Waals surface area contributed by atoms with E-state index >= 15 is 0 Å². The monoisotopic (exact) mass is 428 g/mol. The molecule has 0 radical (unpaired) electrons. The number of hydrogen-bond acceptors (Lipinski definition) is 8. The average molecular weight is 428 g/mol. The fourth-order valence-electron chi connectivity index (χ4n) is 5.08. The first-order chi connectivity index (χ1) is 15.1. The lowest BCUT2D eigenvalue weighted by atomic mass is 9.67. The summed E-state index contributed by atoms with van der Waals surface area (Å²) < 4.78 is 39.2. The summed E-state index contributed by atoms with van der Waals surface area (Å²) in [5.74, 6) is 2.48. The summed E-state index contributed by atoms with van der Waals surface area (Å²) in [6, 6.07) is 5.76. The van der Waals surface area contributed by atoms with Gasteiger partial charge in [-0.05, 0) is 35.7 Å². The second kappa shape index (κ2) is 7.44. The molecule has 2 aliphatic heterocycles. The van der Waals surface area contributed by atoms with Gasteiger partial charge in [0.15, 0.2) is 23.0 Å². The van der Waals surface area contributed by atoms with Gasteiger partial charge in [0.05, 0.1) is 41.0 Å². The van der Waals surface area contributed by atoms with Gasteiger partial charge >= 0.3 is 5.97 Å². The largest absolute Gasteiger partial charge is 0.493 e. The Morgan fingerprint density at radius 3 is 2.23 bits per heavy atom. The fraction of sp³-hybridized carbons (Fsp3) is 0.435. The molecule has 3 aliphatic rings. The van der Waals surface area contributed by atoms with Crippen LogP contribution in [0.5, 0.6) is 34.5 Å². The van der Waals surface area contributed by atoms with Gasteiger partial charge in [0.2, 0.25) is 18.3 Å². The maximum absolute atomic E-state index is 12.9. The SMILES string of the molecule is COc1cc(C2c3c(cc4c(c3OC)OCO4)CC3COC(=O)C32)cc(OC)c1OC. The Morgan fingerprint density at radius 1 is 0.871 bits per heavy atom. The molecular weight excluding hydrogens is 404 g/mol. The molecule has 2 aromatic rings. The van der Waals surface area contributed by atoms with E-state index in [1.165, 1.54) is 0 Å². The van der Waals surface area contributed by atoms with E-state index in [-0.39, 0.29) is 30.5 Å². The van der Waals surface area contributed by atoms with E-state index in [9.17, 15) is 4.79 Å². The first kappa shape index (κ1) is 19.7. The van der Waals surface area contributed by atoms with Crippen LogP contribution in [-0.2, 0) is 16.0 Å². The molecular formula is C23H24O8. The Hall–Kier alpha value is -3.29. The van der Waals surface area contributed by atoms with Crippen LogP contribution >= 0.6 is 0 Å². The van der Waals surface area contributed by atoms with Crippen LogP contribution in [-0.4, -0.2) is 47.8 Å². The van der Waals surface area contributed by atoms with Gasteiger partial charge in [-0.3, -0.25) is 4.79 Å². The third-order valence-corrected chi connectivity index (χ3v) is 6.37. The number of carbonyl (C=O) groups is 1. The highest BCUT2D eigenvalue weighted by atomic mass is 16.7. The topological polar surface area (TPSA) is 81.7 Å². The van der Waals surface area contributed by atoms with Crippen molar-refractivity contribution in [2.75, 3.05) is 41.8 Å². The van der Waals surface area contributed by atoms with E-state index in [1.54, 1.807) is 28.4 Å². The number of fused-ring (bicyclic) bond motifs is 3. The summed E-state index contributed by atoms with van der Waals surface area (Å²) in [6.07, 6.45) is 0.694. The molecule has 5 rings (SSSR count). The number of cyclic esters (lactones) is 1. The molecule has 2 aromatic carbocycles. The average Bonchev–Trinajstić information content (AvgIpc) is 3.41. The van der Waals surface area contributed by atoms with Crippen molar-refractivity contribution in [1.29, 1.82) is 0 Å². The number of benzene rings is 2. The molecule has 2 heterocycles. The Bertz CT molecular complexity index is 1020. The van der Waals surface area contributed by atoms with Crippen LogP contribution in [0.4, 0.5) is 0 Å². The molecule has 8 nitrogen and oxygen atoms in total. The Labute approximate surface area is 179 Å². The number of carbonyl (C=O) groups excluding carboxylic acids is 1. The van der Waals surface area contributed by atoms with Crippen LogP contribution in [0, 0.1) is 11.8 Å². The van der Waals surface area contributed by atoms with Crippen LogP contribution in [0.3, 0.4) is 0 Å². The van der Waals surface area contributed by atoms with E-state index in [4.69, 9.17) is 33.2 Å². The molecule has 0 bridgehead atoms. The Kier molecular flexibility index (Phi) is 4.72. The molecule has 0 saturated carbocycles. The first-order valence-corrected chi connectivity index (χ1v) is 10.1. The predicted octanol–water partition coefficient (Wildman–Crippen LogP) is 2.93. The summed E-state index contributed by atoms with van der Waals surface area (Å²) in [4.78, 5) is 12.9. The van der Waals surface area contributed by atoms with Gasteiger partial charge < -0.3 is 33.2 Å². The lowest BCUT2D eigenvalue weighted by Gasteiger charge is -2.35. The summed E-state index contributed by atoms with van der Waals surface area (Å²) in [5.41, 5.74) is 2.81. The molecule has 8 heteroatoms. The molecule has 0 N–H and O–H groups in total. The van der Waals surface area contributed by atoms with Crippen LogP contribution in [0.1, 0.15) is 22.6 Å². The van der Waals surface area contributed by atoms with Gasteiger partial charge in [-0.1, -0.05) is 0 Å². The van der Waals surface area contributed by atoms with Crippen molar-refractivity contribution in [2.24, 2.45) is 11.8 Å². The number of hydrogen-bond donors (Lipinski definition) is 0. The van der Waals surface area contributed by atoms with Crippen LogP contribution in [0.25, 0.3) is 0 Å². The number of methoxy groups -OCH3 is 4. The summed E-state index contributed by atoms with van der Waals surface area (Å²) in [7, 11) is 6.30. The van der Waals surface area contributed by atoms with Crippen molar-refractivity contribution in [3.63, 3.8) is 0 Å². The highest BCUT2D eigenvalue weighted by molar-refractivity contribution is 5.79. The summed E-state index contributed by atoms with van der Waals surface area (Å²) in [5, 5.41) is 0. The van der Waals surface area contributed by atoms with Gasteiger partial charge in [-0.2, -0.15) is 0 Å². The smallest absolute Gasteiger partial charge is 0.310 e. The van der Waals surface area contributed by atoms with Crippen molar-refractivity contribution < 1.29 is 38.0 Å². The summed E-state index contributed by atoms with van der Waals surface area (Å²) in [6.45, 7) is 0.527. The quantitative estimate of drug-likeness (QED) is 0.673. The highest BCUT2D eigenvalue weighted by Gasteiger charge is 2.50. The van der Waals surface area contributed by atoms with Gasteiger partial charge in [-0.25, -0.2) is 0 Å². The lowest BCUT2D eigenvalue weighted by molar-refractivity contribution is -0.141. The Morgan fingerprint density at radius 2 is 1.58 bits per heavy atom. The predicted molar refractivity (Wildman–Crippen MR) is 109 cm³/mol. The molecule has 0 spiro atoms. The van der Waals surface area contributed by atoms with Crippen LogP contribution in [0.2, 0.25) is 0 Å². The van der Waals surface area contributed by atoms with E-state index < -0.39 is 0 Å². The van der Waals surface area contributed by atoms with Gasteiger partial charge in [0.1, 0.15) is 0 Å². The van der Waals surface area contributed by atoms with E-state index in [0.29, 0.717) is 47.5 Å². The van der Waals surface area contributed by atoms with Crippen molar-refractivity contribution in [2.45, 2.75) is 12.3 Å². The normalized spacial score (nSPS) is 23.0. The maximum Gasteiger partial charge on any atom is 0.310 e. The molecule has 3 unspecified atom stereocenters. The van der Waals surface area contributed by atoms with Crippen molar-refractivity contribution in [3.05, 3.63) is 34.9 Å². The number of ether oxygens (including phenoxy) is 7. The van der Waals surface area contributed by atoms with E-state index in [0.717, 1.165) is 16.7 Å². The first-order valence-electron chi connectivity index (χ1n) is 10.1. The third kappa shape index (κ3) is 2.85. The Balaban J connectivity index is 1.77. The second-order valence-corrected chi connectivity index (χ2v) is 7.77. The molecule has 0 amide bonds. The molecule has 164 valence electrons. The van der Waals surface area contributed by atoms with Crippen LogP contribution in [0.15, 0.2) is 18.2 Å². The molecule has 3 atom stereocenters. The number of esters is 1. The molecule has 0 aromatic heterocycles.